The molecule has 1 N–H and O–H groups in total. The molecular formula is C16H18FN3OSi. The van der Waals surface area contributed by atoms with Crippen molar-refractivity contribution in [3.63, 3.8) is 0 Å². The number of aryl methyl sites for hydroxylation is 1. The van der Waals surface area contributed by atoms with Gasteiger partial charge in [0.1, 0.15) is 13.7 Å². The summed E-state index contributed by atoms with van der Waals surface area (Å²) in [7, 11) is 0.391. The minimum Gasteiger partial charge on any atom is -0.334 e. The predicted molar refractivity (Wildman–Crippen MR) is 89.8 cm³/mol. The van der Waals surface area contributed by atoms with Crippen molar-refractivity contribution in [1.29, 1.82) is 0 Å². The number of nitrogens with one attached hydrogen (secondary N) is 1. The molecule has 0 aliphatic heterocycles. The number of halogens is 1. The van der Waals surface area contributed by atoms with E-state index in [0.717, 1.165) is 16.6 Å². The monoisotopic (exact) mass is 315 g/mol. The Morgan fingerprint density at radius 1 is 1.45 bits per heavy atom. The van der Waals surface area contributed by atoms with Gasteiger partial charge in [0.05, 0.1) is 17.4 Å². The molecule has 0 unspecified atom stereocenters. The third-order valence-electron chi connectivity index (χ3n) is 2.89. The van der Waals surface area contributed by atoms with E-state index in [2.05, 4.69) is 48.0 Å². The average Bonchev–Trinajstić information content (AvgIpc) is 2.72. The number of aromatic nitrogens is 2. The van der Waals surface area contributed by atoms with Crippen LogP contribution in [0.3, 0.4) is 0 Å². The van der Waals surface area contributed by atoms with Crippen molar-refractivity contribution >= 4 is 30.7 Å². The second-order valence-electron chi connectivity index (χ2n) is 6.11. The van der Waals surface area contributed by atoms with Crippen LogP contribution >= 0.6 is 0 Å². The molecule has 0 spiro atoms. The first-order chi connectivity index (χ1) is 10.2. The Morgan fingerprint density at radius 3 is 2.73 bits per heavy atom. The molecule has 2 rings (SSSR count). The number of anilines is 1. The van der Waals surface area contributed by atoms with Crippen molar-refractivity contribution in [2.45, 2.75) is 19.6 Å². The number of hydrogen-bond donors (Lipinski definition) is 1. The zero-order chi connectivity index (χ0) is 16.5. The molecule has 0 fully saturated rings. The molecular weight excluding hydrogens is 297 g/mol. The summed E-state index contributed by atoms with van der Waals surface area (Å²) in [5.41, 5.74) is 5.33. The van der Waals surface area contributed by atoms with Crippen LogP contribution in [0.1, 0.15) is 5.56 Å². The Morgan fingerprint density at radius 2 is 2.14 bits per heavy atom. The summed E-state index contributed by atoms with van der Waals surface area (Å²) in [6.07, 6.45) is 3.39. The normalized spacial score (nSPS) is 11.0. The molecule has 0 bridgehead atoms. The van der Waals surface area contributed by atoms with Crippen LogP contribution in [0, 0.1) is 11.5 Å². The van der Waals surface area contributed by atoms with E-state index in [9.17, 15) is 9.18 Å². The van der Waals surface area contributed by atoms with Gasteiger partial charge in [-0.25, -0.2) is 9.37 Å². The highest BCUT2D eigenvalue weighted by molar-refractivity contribution is 6.83. The fourth-order valence-corrected chi connectivity index (χ4v) is 2.39. The maximum absolute atomic E-state index is 12.8. The summed E-state index contributed by atoms with van der Waals surface area (Å²) in [5.74, 6) is 1.29. The van der Waals surface area contributed by atoms with E-state index in [1.807, 2.05) is 17.8 Å². The van der Waals surface area contributed by atoms with Gasteiger partial charge in [0.15, 0.2) is 5.83 Å². The van der Waals surface area contributed by atoms with Crippen LogP contribution in [-0.2, 0) is 11.8 Å². The van der Waals surface area contributed by atoms with Gasteiger partial charge in [-0.2, -0.15) is 0 Å². The molecule has 0 aliphatic carbocycles. The Labute approximate surface area is 130 Å². The van der Waals surface area contributed by atoms with E-state index in [0.29, 0.717) is 5.69 Å². The molecule has 2 heterocycles. The van der Waals surface area contributed by atoms with Crippen molar-refractivity contribution < 1.29 is 9.18 Å². The quantitative estimate of drug-likeness (QED) is 0.525. The van der Waals surface area contributed by atoms with E-state index in [1.165, 1.54) is 6.20 Å². The van der Waals surface area contributed by atoms with Crippen LogP contribution in [0.4, 0.5) is 10.1 Å². The van der Waals surface area contributed by atoms with E-state index in [-0.39, 0.29) is 0 Å². The van der Waals surface area contributed by atoms with Crippen LogP contribution in [0.2, 0.25) is 19.6 Å². The molecule has 2 aromatic heterocycles. The number of rotatable bonds is 2. The van der Waals surface area contributed by atoms with E-state index in [1.54, 1.807) is 6.07 Å². The lowest BCUT2D eigenvalue weighted by molar-refractivity contribution is -0.114. The molecule has 0 atom stereocenters. The van der Waals surface area contributed by atoms with Crippen LogP contribution in [0.5, 0.6) is 0 Å². The summed E-state index contributed by atoms with van der Waals surface area (Å²) in [5, 5.41) is 3.25. The van der Waals surface area contributed by atoms with Crippen LogP contribution < -0.4 is 5.32 Å². The SMILES string of the molecule is C=C(F)C(=O)Nc1cnc2c(c1)c(C#C[Si](C)(C)C)cn2C. The lowest BCUT2D eigenvalue weighted by Crippen LogP contribution is -2.16. The summed E-state index contributed by atoms with van der Waals surface area (Å²) in [6.45, 7) is 9.48. The second-order valence-corrected chi connectivity index (χ2v) is 10.9. The van der Waals surface area contributed by atoms with E-state index >= 15 is 0 Å². The Balaban J connectivity index is 2.48. The Hall–Kier alpha value is -2.39. The fraction of sp³-hybridized carbons (Fsp3) is 0.250. The van der Waals surface area contributed by atoms with Crippen molar-refractivity contribution in [1.82, 2.24) is 9.55 Å². The van der Waals surface area contributed by atoms with E-state index < -0.39 is 19.8 Å². The number of amides is 1. The molecule has 0 aromatic carbocycles. The van der Waals surface area contributed by atoms with Crippen LogP contribution in [0.15, 0.2) is 30.9 Å². The van der Waals surface area contributed by atoms with Crippen LogP contribution in [-0.4, -0.2) is 23.5 Å². The lowest BCUT2D eigenvalue weighted by atomic mass is 10.2. The first-order valence-corrected chi connectivity index (χ1v) is 10.3. The van der Waals surface area contributed by atoms with Gasteiger partial charge in [0, 0.05) is 18.6 Å². The largest absolute Gasteiger partial charge is 0.334 e. The summed E-state index contributed by atoms with van der Waals surface area (Å²) >= 11 is 0. The number of nitrogens with zero attached hydrogens (tertiary/aromatic N) is 2. The second kappa shape index (κ2) is 5.77. The maximum Gasteiger partial charge on any atom is 0.283 e. The Bertz CT molecular complexity index is 821. The molecule has 0 aliphatic rings. The highest BCUT2D eigenvalue weighted by Crippen LogP contribution is 2.22. The summed E-state index contributed by atoms with van der Waals surface area (Å²) in [4.78, 5) is 15.7. The summed E-state index contributed by atoms with van der Waals surface area (Å²) < 4.78 is 14.7. The van der Waals surface area contributed by atoms with Gasteiger partial charge in [0.2, 0.25) is 0 Å². The standard InChI is InChI=1S/C16H18FN3OSi/c1-11(17)16(21)19-13-8-14-12(6-7-22(3,4)5)10-20(2)15(14)18-9-13/h8-10H,1H2,2-5H3,(H,19,21). The van der Waals surface area contributed by atoms with Gasteiger partial charge >= 0.3 is 0 Å². The number of carbonyl (C=O) groups excluding carboxylic acids is 1. The number of fused-ring (bicyclic) bond motifs is 1. The van der Waals surface area contributed by atoms with Gasteiger partial charge in [-0.3, -0.25) is 4.79 Å². The van der Waals surface area contributed by atoms with Crippen LogP contribution in [0.25, 0.3) is 11.0 Å². The van der Waals surface area contributed by atoms with Gasteiger partial charge in [0.25, 0.3) is 5.91 Å². The molecule has 22 heavy (non-hydrogen) atoms. The predicted octanol–water partition coefficient (Wildman–Crippen LogP) is 3.22. The van der Waals surface area contributed by atoms with Gasteiger partial charge < -0.3 is 9.88 Å². The first kappa shape index (κ1) is 16.0. The zero-order valence-corrected chi connectivity index (χ0v) is 14.1. The minimum absolute atomic E-state index is 0.415. The van der Waals surface area contributed by atoms with Crippen molar-refractivity contribution in [2.24, 2.45) is 7.05 Å². The zero-order valence-electron chi connectivity index (χ0n) is 13.1. The third-order valence-corrected chi connectivity index (χ3v) is 3.77. The highest BCUT2D eigenvalue weighted by Gasteiger charge is 2.12. The number of carbonyl (C=O) groups is 1. The molecule has 4 nitrogen and oxygen atoms in total. The average molecular weight is 315 g/mol. The number of pyridine rings is 1. The molecule has 114 valence electrons. The number of hydrogen-bond acceptors (Lipinski definition) is 2. The fourth-order valence-electron chi connectivity index (χ4n) is 1.88. The molecule has 0 saturated heterocycles. The highest BCUT2D eigenvalue weighted by atomic mass is 28.3. The van der Waals surface area contributed by atoms with Crippen molar-refractivity contribution in [3.8, 4) is 11.5 Å². The van der Waals surface area contributed by atoms with Crippen molar-refractivity contribution in [2.75, 3.05) is 5.32 Å². The lowest BCUT2D eigenvalue weighted by Gasteiger charge is -2.04. The maximum atomic E-state index is 12.8. The van der Waals surface area contributed by atoms with E-state index in [4.69, 9.17) is 0 Å². The summed E-state index contributed by atoms with van der Waals surface area (Å²) in [6, 6.07) is 1.75. The molecule has 0 saturated carbocycles. The van der Waals surface area contributed by atoms with Gasteiger partial charge in [-0.1, -0.05) is 32.1 Å². The first-order valence-electron chi connectivity index (χ1n) is 6.81. The molecule has 2 aromatic rings. The molecule has 0 radical (unpaired) electrons. The van der Waals surface area contributed by atoms with Crippen molar-refractivity contribution in [3.05, 3.63) is 36.4 Å². The van der Waals surface area contributed by atoms with Gasteiger partial charge in [-0.15, -0.1) is 5.54 Å². The topological polar surface area (TPSA) is 46.9 Å². The minimum atomic E-state index is -1.49. The molecule has 1 amide bonds. The van der Waals surface area contributed by atoms with Gasteiger partial charge in [-0.05, 0) is 6.07 Å². The smallest absolute Gasteiger partial charge is 0.283 e. The Kier molecular flexibility index (Phi) is 4.20. The third kappa shape index (κ3) is 3.62. The molecule has 6 heteroatoms.